The highest BCUT2D eigenvalue weighted by molar-refractivity contribution is 6.30. The quantitative estimate of drug-likeness (QED) is 0.550. The molecule has 1 aromatic rings. The summed E-state index contributed by atoms with van der Waals surface area (Å²) in [5.41, 5.74) is -0.416. The van der Waals surface area contributed by atoms with E-state index < -0.39 is 29.5 Å². The van der Waals surface area contributed by atoms with Crippen molar-refractivity contribution in [3.63, 3.8) is 0 Å². The van der Waals surface area contributed by atoms with E-state index in [0.29, 0.717) is 6.42 Å². The van der Waals surface area contributed by atoms with Gasteiger partial charge in [-0.15, -0.1) is 0 Å². The number of hydrogen-bond donors (Lipinski definition) is 3. The van der Waals surface area contributed by atoms with Gasteiger partial charge in [0.25, 0.3) is 5.91 Å². The molecule has 3 aliphatic carbocycles. The molecule has 32 heavy (non-hydrogen) atoms. The Balaban J connectivity index is 1.21. The van der Waals surface area contributed by atoms with Crippen LogP contribution in [0.4, 0.5) is 17.6 Å². The van der Waals surface area contributed by atoms with Crippen LogP contribution < -0.4 is 20.7 Å². The number of rotatable bonds is 6. The molecule has 2 amide bonds. The molecule has 1 saturated heterocycles. The zero-order chi connectivity index (χ0) is 23.1. The number of ether oxygens (including phenoxy) is 1. The lowest BCUT2D eigenvalue weighted by atomic mass is 9.76. The predicted octanol–water partition coefficient (Wildman–Crippen LogP) is 2.94. The van der Waals surface area contributed by atoms with Crippen molar-refractivity contribution in [2.24, 2.45) is 11.8 Å². The topological polar surface area (TPSA) is 79.5 Å². The maximum Gasteiger partial charge on any atom is 0.403 e. The van der Waals surface area contributed by atoms with Gasteiger partial charge in [-0.05, 0) is 50.2 Å². The zero-order valence-corrected chi connectivity index (χ0v) is 17.9. The Labute approximate surface area is 187 Å². The molecule has 5 rings (SSSR count). The van der Waals surface area contributed by atoms with E-state index in [1.54, 1.807) is 0 Å². The lowest BCUT2D eigenvalue weighted by Gasteiger charge is -2.39. The van der Waals surface area contributed by atoms with Crippen LogP contribution in [0.3, 0.4) is 0 Å². The van der Waals surface area contributed by atoms with Gasteiger partial charge in [0.15, 0.2) is 6.61 Å². The predicted molar refractivity (Wildman–Crippen MR) is 108 cm³/mol. The molecule has 1 heterocycles. The van der Waals surface area contributed by atoms with Crippen LogP contribution in [0.25, 0.3) is 0 Å². The Morgan fingerprint density at radius 1 is 1.22 bits per heavy atom. The van der Waals surface area contributed by atoms with Gasteiger partial charge < -0.3 is 20.7 Å². The van der Waals surface area contributed by atoms with Crippen molar-refractivity contribution in [2.45, 2.75) is 55.9 Å². The van der Waals surface area contributed by atoms with E-state index in [4.69, 9.17) is 16.3 Å². The first-order valence-corrected chi connectivity index (χ1v) is 10.9. The number of hydrogen-bond acceptors (Lipinski definition) is 4. The third-order valence-electron chi connectivity index (χ3n) is 6.66. The van der Waals surface area contributed by atoms with Crippen molar-refractivity contribution >= 4 is 23.4 Å². The van der Waals surface area contributed by atoms with Crippen LogP contribution in [0.2, 0.25) is 5.02 Å². The number of amides is 2. The molecule has 3 unspecified atom stereocenters. The summed E-state index contributed by atoms with van der Waals surface area (Å²) in [5.74, 6) is -1.31. The molecule has 6 nitrogen and oxygen atoms in total. The van der Waals surface area contributed by atoms with Crippen LogP contribution in [0.5, 0.6) is 5.75 Å². The van der Waals surface area contributed by atoms with Gasteiger partial charge in [-0.3, -0.25) is 9.59 Å². The highest BCUT2D eigenvalue weighted by Crippen LogP contribution is 2.52. The summed E-state index contributed by atoms with van der Waals surface area (Å²) < 4.78 is 57.0. The van der Waals surface area contributed by atoms with E-state index in [2.05, 4.69) is 16.0 Å². The highest BCUT2D eigenvalue weighted by Gasteiger charge is 2.57. The first-order chi connectivity index (χ1) is 15.0. The first-order valence-electron chi connectivity index (χ1n) is 10.5. The Morgan fingerprint density at radius 3 is 2.59 bits per heavy atom. The van der Waals surface area contributed by atoms with E-state index in [9.17, 15) is 27.2 Å². The molecule has 4 fully saturated rings. The maximum absolute atomic E-state index is 13.5. The molecule has 0 aromatic heterocycles. The molecule has 0 spiro atoms. The molecule has 11 heteroatoms. The molecule has 0 radical (unpaired) electrons. The van der Waals surface area contributed by atoms with Crippen molar-refractivity contribution in [3.8, 4) is 5.75 Å². The molecule has 3 N–H and O–H groups in total. The van der Waals surface area contributed by atoms with E-state index in [1.165, 1.54) is 12.1 Å². The minimum atomic E-state index is -4.30. The number of piperidine rings is 1. The fourth-order valence-electron chi connectivity index (χ4n) is 5.01. The van der Waals surface area contributed by atoms with Gasteiger partial charge in [0.05, 0.1) is 10.9 Å². The summed E-state index contributed by atoms with van der Waals surface area (Å²) in [5, 5.41) is 8.29. The van der Waals surface area contributed by atoms with Crippen LogP contribution in [-0.2, 0) is 9.59 Å². The minimum absolute atomic E-state index is 0.00208. The second kappa shape index (κ2) is 8.70. The zero-order valence-electron chi connectivity index (χ0n) is 17.1. The minimum Gasteiger partial charge on any atom is -0.484 e. The monoisotopic (exact) mass is 477 g/mol. The van der Waals surface area contributed by atoms with Gasteiger partial charge in [0, 0.05) is 24.2 Å². The van der Waals surface area contributed by atoms with E-state index in [0.717, 1.165) is 18.9 Å². The summed E-state index contributed by atoms with van der Waals surface area (Å²) >= 11 is 5.62. The summed E-state index contributed by atoms with van der Waals surface area (Å²) in [7, 11) is 0. The average Bonchev–Trinajstić information content (AvgIpc) is 3.21. The Bertz CT molecular complexity index is 884. The van der Waals surface area contributed by atoms with Crippen molar-refractivity contribution in [2.75, 3.05) is 13.2 Å². The third-order valence-corrected chi connectivity index (χ3v) is 6.97. The van der Waals surface area contributed by atoms with Gasteiger partial charge in [-0.1, -0.05) is 11.6 Å². The molecule has 3 saturated carbocycles. The van der Waals surface area contributed by atoms with Crippen molar-refractivity contribution in [1.29, 1.82) is 0 Å². The molecule has 3 atom stereocenters. The number of carbonyl (C=O) groups is 2. The van der Waals surface area contributed by atoms with Gasteiger partial charge in [0.2, 0.25) is 5.91 Å². The van der Waals surface area contributed by atoms with Gasteiger partial charge in [0.1, 0.15) is 17.6 Å². The van der Waals surface area contributed by atoms with Crippen molar-refractivity contribution < 1.29 is 31.9 Å². The average molecular weight is 478 g/mol. The Morgan fingerprint density at radius 2 is 1.97 bits per heavy atom. The SMILES string of the molecule is O=C(COc1ccc(Cl)c(F)c1)NC12CC(C1)C(NC(=O)C1CCC(C(F)(F)F)NC1)C2. The number of alkyl halides is 3. The Kier molecular flexibility index (Phi) is 6.28. The van der Waals surface area contributed by atoms with E-state index >= 15 is 0 Å². The van der Waals surface area contributed by atoms with Crippen LogP contribution in [0, 0.1) is 17.7 Å². The molecular formula is C21H24ClF4N3O3. The lowest BCUT2D eigenvalue weighted by molar-refractivity contribution is -0.163. The second-order valence-electron chi connectivity index (χ2n) is 8.96. The molecule has 1 aromatic carbocycles. The van der Waals surface area contributed by atoms with E-state index in [1.807, 2.05) is 0 Å². The maximum atomic E-state index is 13.5. The molecule has 1 aliphatic heterocycles. The fraction of sp³-hybridized carbons (Fsp3) is 0.619. The van der Waals surface area contributed by atoms with Gasteiger partial charge in [-0.25, -0.2) is 4.39 Å². The highest BCUT2D eigenvalue weighted by atomic mass is 35.5. The van der Waals surface area contributed by atoms with E-state index in [-0.39, 0.29) is 60.5 Å². The van der Waals surface area contributed by atoms with Crippen molar-refractivity contribution in [1.82, 2.24) is 16.0 Å². The van der Waals surface area contributed by atoms with Crippen LogP contribution >= 0.6 is 11.6 Å². The Hall–Kier alpha value is -2.07. The number of nitrogens with one attached hydrogen (secondary N) is 3. The molecule has 176 valence electrons. The molecule has 2 bridgehead atoms. The summed E-state index contributed by atoms with van der Waals surface area (Å²) in [4.78, 5) is 24.8. The number of halogens is 5. The van der Waals surface area contributed by atoms with Crippen LogP contribution in [-0.4, -0.2) is 48.8 Å². The number of fused-ring (bicyclic) bond motifs is 1. The van der Waals surface area contributed by atoms with Gasteiger partial charge >= 0.3 is 6.18 Å². The summed E-state index contributed by atoms with van der Waals surface area (Å²) in [6.45, 7) is -0.281. The lowest BCUT2D eigenvalue weighted by Crippen LogP contribution is -2.53. The van der Waals surface area contributed by atoms with Crippen LogP contribution in [0.15, 0.2) is 18.2 Å². The third kappa shape index (κ3) is 4.96. The largest absolute Gasteiger partial charge is 0.484 e. The standard InChI is InChI=1S/C21H24ClF4N3O3/c22-14-3-2-13(5-15(14)23)32-10-18(30)29-20-6-12(7-20)16(8-20)28-19(31)11-1-4-17(27-9-11)21(24,25)26/h2-3,5,11-12,16-17,27H,1,4,6-10H2,(H,28,31)(H,29,30). The van der Waals surface area contributed by atoms with Crippen molar-refractivity contribution in [3.05, 3.63) is 29.0 Å². The number of carbonyl (C=O) groups excluding carboxylic acids is 2. The smallest absolute Gasteiger partial charge is 0.403 e. The molecular weight excluding hydrogens is 454 g/mol. The fourth-order valence-corrected chi connectivity index (χ4v) is 5.13. The molecule has 4 aliphatic rings. The first kappa shape index (κ1) is 23.1. The summed E-state index contributed by atoms with van der Waals surface area (Å²) in [6.07, 6.45) is -2.23. The second-order valence-corrected chi connectivity index (χ2v) is 9.36. The normalized spacial score (nSPS) is 31.5. The van der Waals surface area contributed by atoms with Gasteiger partial charge in [-0.2, -0.15) is 13.2 Å². The summed E-state index contributed by atoms with van der Waals surface area (Å²) in [6, 6.07) is 2.24. The number of benzene rings is 1. The van der Waals surface area contributed by atoms with Crippen LogP contribution in [0.1, 0.15) is 32.1 Å².